The number of nitrogens with one attached hydrogen (secondary N) is 2. The average Bonchev–Trinajstić information content (AvgIpc) is 2.51. The third-order valence-corrected chi connectivity index (χ3v) is 3.76. The molecule has 0 saturated carbocycles. The van der Waals surface area contributed by atoms with E-state index in [-0.39, 0.29) is 30.7 Å². The molecule has 0 aliphatic heterocycles. The van der Waals surface area contributed by atoms with E-state index in [0.717, 1.165) is 5.56 Å². The van der Waals surface area contributed by atoms with E-state index < -0.39 is 17.4 Å². The molecule has 0 aromatic heterocycles. The van der Waals surface area contributed by atoms with Gasteiger partial charge in [-0.2, -0.15) is 0 Å². The van der Waals surface area contributed by atoms with Crippen molar-refractivity contribution in [2.24, 2.45) is 11.3 Å². The van der Waals surface area contributed by atoms with Gasteiger partial charge in [-0.25, -0.2) is 0 Å². The minimum Gasteiger partial charge on any atom is -0.481 e. The minimum atomic E-state index is -1.06. The van der Waals surface area contributed by atoms with E-state index >= 15 is 0 Å². The van der Waals surface area contributed by atoms with Gasteiger partial charge in [0, 0.05) is 6.54 Å². The summed E-state index contributed by atoms with van der Waals surface area (Å²) in [4.78, 5) is 35.6. The Kier molecular flexibility index (Phi) is 6.95. The van der Waals surface area contributed by atoms with E-state index in [2.05, 4.69) is 10.6 Å². The van der Waals surface area contributed by atoms with Crippen LogP contribution in [0.2, 0.25) is 0 Å². The number of hydrogen-bond donors (Lipinski definition) is 3. The highest BCUT2D eigenvalue weighted by molar-refractivity contribution is 5.89. The highest BCUT2D eigenvalue weighted by Crippen LogP contribution is 2.13. The number of hydrogen-bond acceptors (Lipinski definition) is 3. The Morgan fingerprint density at radius 2 is 1.71 bits per heavy atom. The molecular weight excluding hydrogens is 308 g/mol. The number of carboxylic acid groups (broad SMARTS) is 1. The Morgan fingerprint density at radius 1 is 1.12 bits per heavy atom. The molecule has 6 heteroatoms. The predicted molar refractivity (Wildman–Crippen MR) is 91.3 cm³/mol. The van der Waals surface area contributed by atoms with Crippen LogP contribution in [0, 0.1) is 11.3 Å². The van der Waals surface area contributed by atoms with Gasteiger partial charge >= 0.3 is 5.97 Å². The molecule has 0 bridgehead atoms. The van der Waals surface area contributed by atoms with Gasteiger partial charge in [0.2, 0.25) is 11.8 Å². The molecule has 1 unspecified atom stereocenters. The van der Waals surface area contributed by atoms with Gasteiger partial charge in [-0.15, -0.1) is 0 Å². The summed E-state index contributed by atoms with van der Waals surface area (Å²) in [7, 11) is 0. The maximum Gasteiger partial charge on any atom is 0.310 e. The molecule has 6 nitrogen and oxygen atoms in total. The summed E-state index contributed by atoms with van der Waals surface area (Å²) in [5.41, 5.74) is -0.199. The van der Waals surface area contributed by atoms with Crippen molar-refractivity contribution in [3.63, 3.8) is 0 Å². The minimum absolute atomic E-state index is 0.00105. The first-order valence-corrected chi connectivity index (χ1v) is 7.98. The van der Waals surface area contributed by atoms with Crippen LogP contribution in [0.1, 0.15) is 33.3 Å². The van der Waals surface area contributed by atoms with E-state index in [1.165, 1.54) is 13.8 Å². The van der Waals surface area contributed by atoms with Crippen LogP contribution in [-0.2, 0) is 20.8 Å². The van der Waals surface area contributed by atoms with Gasteiger partial charge in [0.1, 0.15) is 6.04 Å². The maximum atomic E-state index is 12.3. The molecule has 0 fully saturated rings. The normalized spacial score (nSPS) is 12.5. The van der Waals surface area contributed by atoms with E-state index in [1.807, 2.05) is 44.2 Å². The van der Waals surface area contributed by atoms with Gasteiger partial charge in [-0.05, 0) is 25.3 Å². The standard InChI is InChI=1S/C18H26N2O4/c1-12(2)15(16(22)19-11-18(3,4)17(23)24)20-14(21)10-13-8-6-5-7-9-13/h5-9,12,15H,10-11H2,1-4H3,(H,19,22)(H,20,21)(H,23,24). The summed E-state index contributed by atoms with van der Waals surface area (Å²) in [6, 6.07) is 8.56. The van der Waals surface area contributed by atoms with Gasteiger partial charge in [0.15, 0.2) is 0 Å². The fourth-order valence-electron chi connectivity index (χ4n) is 2.03. The lowest BCUT2D eigenvalue weighted by molar-refractivity contribution is -0.147. The van der Waals surface area contributed by atoms with Gasteiger partial charge in [0.05, 0.1) is 11.8 Å². The average molecular weight is 334 g/mol. The van der Waals surface area contributed by atoms with Gasteiger partial charge in [-0.3, -0.25) is 14.4 Å². The van der Waals surface area contributed by atoms with E-state index in [1.54, 1.807) is 0 Å². The molecule has 132 valence electrons. The third kappa shape index (κ3) is 6.02. The van der Waals surface area contributed by atoms with Crippen LogP contribution in [0.15, 0.2) is 30.3 Å². The number of carbonyl (C=O) groups excluding carboxylic acids is 2. The zero-order valence-corrected chi connectivity index (χ0v) is 14.6. The first-order valence-electron chi connectivity index (χ1n) is 7.98. The van der Waals surface area contributed by atoms with Crippen LogP contribution < -0.4 is 10.6 Å². The Hall–Kier alpha value is -2.37. The van der Waals surface area contributed by atoms with Crippen molar-refractivity contribution in [3.05, 3.63) is 35.9 Å². The third-order valence-electron chi connectivity index (χ3n) is 3.76. The van der Waals surface area contributed by atoms with Crippen LogP contribution in [0.5, 0.6) is 0 Å². The number of carboxylic acids is 1. The fraction of sp³-hybridized carbons (Fsp3) is 0.500. The van der Waals surface area contributed by atoms with Gasteiger partial charge in [-0.1, -0.05) is 44.2 Å². The summed E-state index contributed by atoms with van der Waals surface area (Å²) in [5.74, 6) is -1.72. The van der Waals surface area contributed by atoms with Crippen LogP contribution >= 0.6 is 0 Å². The van der Waals surface area contributed by atoms with Crippen molar-refractivity contribution in [2.75, 3.05) is 6.54 Å². The molecule has 0 radical (unpaired) electrons. The molecule has 0 spiro atoms. The molecular formula is C18H26N2O4. The molecule has 0 saturated heterocycles. The second kappa shape index (κ2) is 8.47. The first-order chi connectivity index (χ1) is 11.1. The molecule has 0 heterocycles. The van der Waals surface area contributed by atoms with Crippen LogP contribution in [0.4, 0.5) is 0 Å². The van der Waals surface area contributed by atoms with Crippen molar-refractivity contribution >= 4 is 17.8 Å². The number of rotatable bonds is 8. The van der Waals surface area contributed by atoms with Crippen molar-refractivity contribution in [1.29, 1.82) is 0 Å². The van der Waals surface area contributed by atoms with E-state index in [0.29, 0.717) is 0 Å². The summed E-state index contributed by atoms with van der Waals surface area (Å²) in [6.07, 6.45) is 0.192. The largest absolute Gasteiger partial charge is 0.481 e. The molecule has 3 N–H and O–H groups in total. The quantitative estimate of drug-likeness (QED) is 0.673. The van der Waals surface area contributed by atoms with Crippen molar-refractivity contribution in [2.45, 2.75) is 40.2 Å². The Labute approximate surface area is 142 Å². The zero-order chi connectivity index (χ0) is 18.3. The Bertz CT molecular complexity index is 582. The smallest absolute Gasteiger partial charge is 0.310 e. The van der Waals surface area contributed by atoms with E-state index in [4.69, 9.17) is 5.11 Å². The second-order valence-corrected chi connectivity index (χ2v) is 6.86. The summed E-state index contributed by atoms with van der Waals surface area (Å²) in [5, 5.41) is 14.4. The number of aliphatic carboxylic acids is 1. The van der Waals surface area contributed by atoms with Crippen LogP contribution in [-0.4, -0.2) is 35.5 Å². The number of benzene rings is 1. The van der Waals surface area contributed by atoms with E-state index in [9.17, 15) is 14.4 Å². The van der Waals surface area contributed by atoms with Crippen LogP contribution in [0.3, 0.4) is 0 Å². The topological polar surface area (TPSA) is 95.5 Å². The molecule has 1 aromatic rings. The monoisotopic (exact) mass is 334 g/mol. The second-order valence-electron chi connectivity index (χ2n) is 6.86. The van der Waals surface area contributed by atoms with Crippen molar-refractivity contribution < 1.29 is 19.5 Å². The molecule has 24 heavy (non-hydrogen) atoms. The molecule has 1 rings (SSSR count). The predicted octanol–water partition coefficient (Wildman–Crippen LogP) is 1.60. The molecule has 2 amide bonds. The number of amides is 2. The SMILES string of the molecule is CC(C)C(NC(=O)Cc1ccccc1)C(=O)NCC(C)(C)C(=O)O. The van der Waals surface area contributed by atoms with Crippen molar-refractivity contribution in [3.8, 4) is 0 Å². The highest BCUT2D eigenvalue weighted by atomic mass is 16.4. The lowest BCUT2D eigenvalue weighted by atomic mass is 9.93. The van der Waals surface area contributed by atoms with Gasteiger partial charge in [0.25, 0.3) is 0 Å². The maximum absolute atomic E-state index is 12.3. The lowest BCUT2D eigenvalue weighted by Crippen LogP contribution is -2.52. The first kappa shape index (κ1) is 19.7. The Morgan fingerprint density at radius 3 is 2.21 bits per heavy atom. The number of carbonyl (C=O) groups is 3. The summed E-state index contributed by atoms with van der Waals surface area (Å²) >= 11 is 0. The highest BCUT2D eigenvalue weighted by Gasteiger charge is 2.30. The molecule has 1 atom stereocenters. The molecule has 0 aliphatic carbocycles. The Balaban J connectivity index is 2.64. The van der Waals surface area contributed by atoms with Crippen molar-refractivity contribution in [1.82, 2.24) is 10.6 Å². The van der Waals surface area contributed by atoms with Gasteiger partial charge < -0.3 is 15.7 Å². The molecule has 0 aliphatic rings. The fourth-order valence-corrected chi connectivity index (χ4v) is 2.03. The zero-order valence-electron chi connectivity index (χ0n) is 14.6. The molecule has 1 aromatic carbocycles. The van der Waals surface area contributed by atoms with Crippen LogP contribution in [0.25, 0.3) is 0 Å². The summed E-state index contributed by atoms with van der Waals surface area (Å²) in [6.45, 7) is 6.73. The lowest BCUT2D eigenvalue weighted by Gasteiger charge is -2.25. The summed E-state index contributed by atoms with van der Waals surface area (Å²) < 4.78 is 0.